The summed E-state index contributed by atoms with van der Waals surface area (Å²) in [6.45, 7) is 4.98. The summed E-state index contributed by atoms with van der Waals surface area (Å²) in [7, 11) is -2.44. The molecule has 8 rings (SSSR count). The second-order valence-electron chi connectivity index (χ2n) is 18.0. The largest absolute Gasteiger partial charge is 0.497 e. The molecule has 4 heterocycles. The summed E-state index contributed by atoms with van der Waals surface area (Å²) in [6.07, 6.45) is 7.64. The smallest absolute Gasteiger partial charge is 0.306 e. The molecule has 308 valence electrons. The highest BCUT2D eigenvalue weighted by Crippen LogP contribution is 2.59. The van der Waals surface area contributed by atoms with Gasteiger partial charge in [0.2, 0.25) is 21.8 Å². The molecule has 2 aromatic rings. The number of nitrogens with one attached hydrogen (secondary N) is 1. The zero-order chi connectivity index (χ0) is 40.5. The molecule has 6 aliphatic rings. The van der Waals surface area contributed by atoms with Crippen LogP contribution in [-0.4, -0.2) is 78.0 Å². The van der Waals surface area contributed by atoms with E-state index < -0.39 is 67.5 Å². The van der Waals surface area contributed by atoms with Crippen molar-refractivity contribution in [1.29, 1.82) is 0 Å². The molecule has 1 N–H and O–H groups in total. The van der Waals surface area contributed by atoms with Crippen LogP contribution in [0, 0.1) is 17.3 Å². The molecule has 3 aliphatic heterocycles. The number of fused-ring (bicyclic) bond motifs is 5. The maximum Gasteiger partial charge on any atom is 0.306 e. The minimum atomic E-state index is -3.99. The second kappa shape index (κ2) is 14.6. The molecule has 3 saturated carbocycles. The second-order valence-corrected chi connectivity index (χ2v) is 20.2. The normalized spacial score (nSPS) is 31.6. The monoisotopic (exact) mass is 807 g/mol. The first-order valence-electron chi connectivity index (χ1n) is 20.7. The number of Topliss-reactive ketones (excluding diaryl/α,β-unsaturated/α-hetero) is 1. The van der Waals surface area contributed by atoms with Gasteiger partial charge in [0.05, 0.1) is 53.6 Å². The maximum absolute atomic E-state index is 17.1. The fourth-order valence-electron chi connectivity index (χ4n) is 9.32. The van der Waals surface area contributed by atoms with Crippen LogP contribution in [0.4, 0.5) is 4.39 Å². The SMILES string of the molecule is COc1ccc2nc(C3CC3)c3c(c2c1)[C@H](F)C[C@]1(C[C@H]2C(=O)C[C@]4(C(=O)NS(=O)(=O)C5(C)CC5)C[C@H]4/C=C\CCCCC[C@H](CC(=O)OC(C)C)C(=O)N2C1)O3. The van der Waals surface area contributed by atoms with E-state index in [0.29, 0.717) is 65.8 Å². The van der Waals surface area contributed by atoms with Crippen LogP contribution >= 0.6 is 0 Å². The van der Waals surface area contributed by atoms with Crippen LogP contribution in [0.15, 0.2) is 30.4 Å². The van der Waals surface area contributed by atoms with Crippen molar-refractivity contribution < 1.29 is 46.2 Å². The number of benzene rings is 1. The third-order valence-electron chi connectivity index (χ3n) is 13.2. The van der Waals surface area contributed by atoms with Crippen molar-refractivity contribution in [2.45, 2.75) is 145 Å². The fraction of sp³-hybridized carbons (Fsp3) is 0.651. The minimum Gasteiger partial charge on any atom is -0.497 e. The lowest BCUT2D eigenvalue weighted by Gasteiger charge is -2.38. The molecule has 0 bridgehead atoms. The molecule has 6 atom stereocenters. The van der Waals surface area contributed by atoms with Gasteiger partial charge in [-0.05, 0) is 96.3 Å². The van der Waals surface area contributed by atoms with E-state index in [-0.39, 0.29) is 56.6 Å². The summed E-state index contributed by atoms with van der Waals surface area (Å²) < 4.78 is 62.8. The molecular weight excluding hydrogens is 754 g/mol. The molecule has 1 aromatic carbocycles. The number of pyridine rings is 1. The van der Waals surface area contributed by atoms with Gasteiger partial charge in [-0.2, -0.15) is 0 Å². The molecule has 0 radical (unpaired) electrons. The standard InChI is InChI=1S/C43H54FN3O9S/c1-25(2)55-35(49)18-27-10-8-6-5-7-9-11-28-20-43(28,40(51)46-57(52,53)41(3)16-17-41)23-34(48)33-22-42(24-47(33)39(27)50)21-31(44)36-30-19-29(54-4)14-15-32(30)45-37(26-12-13-26)38(36)56-42/h9,11,14-15,19,25-28,31,33H,5-8,10,12-13,16-18,20-24H2,1-4H3,(H,46,51)/b11-9-/t27-,28-,31-,33+,42-,43-/m1/s1. The zero-order valence-electron chi connectivity index (χ0n) is 33.3. The Balaban J connectivity index is 1.17. The van der Waals surface area contributed by atoms with E-state index in [1.807, 2.05) is 18.2 Å². The van der Waals surface area contributed by atoms with Gasteiger partial charge in [0.25, 0.3) is 0 Å². The Morgan fingerprint density at radius 3 is 2.56 bits per heavy atom. The number of hydrogen-bond donors (Lipinski definition) is 1. The van der Waals surface area contributed by atoms with Gasteiger partial charge in [0.15, 0.2) is 5.78 Å². The summed E-state index contributed by atoms with van der Waals surface area (Å²) in [5.74, 6) is -2.24. The number of esters is 1. The highest BCUT2D eigenvalue weighted by Gasteiger charge is 2.64. The van der Waals surface area contributed by atoms with Gasteiger partial charge in [0.1, 0.15) is 23.3 Å². The Morgan fingerprint density at radius 2 is 1.86 bits per heavy atom. The number of carbonyl (C=O) groups is 4. The van der Waals surface area contributed by atoms with Gasteiger partial charge in [-0.25, -0.2) is 17.8 Å². The van der Waals surface area contributed by atoms with Crippen molar-refractivity contribution in [1.82, 2.24) is 14.6 Å². The first-order chi connectivity index (χ1) is 27.1. The topological polar surface area (TPSA) is 158 Å². The number of amides is 2. The van der Waals surface area contributed by atoms with E-state index in [0.717, 1.165) is 25.7 Å². The Morgan fingerprint density at radius 1 is 1.09 bits per heavy atom. The molecule has 0 unspecified atom stereocenters. The first-order valence-corrected chi connectivity index (χ1v) is 22.2. The van der Waals surface area contributed by atoms with Gasteiger partial charge in [-0.15, -0.1) is 0 Å². The summed E-state index contributed by atoms with van der Waals surface area (Å²) in [6, 6.07) is 4.25. The molecule has 14 heteroatoms. The van der Waals surface area contributed by atoms with Gasteiger partial charge in [0, 0.05) is 42.0 Å². The predicted molar refractivity (Wildman–Crippen MR) is 209 cm³/mol. The molecule has 3 aliphatic carbocycles. The lowest BCUT2D eigenvalue weighted by Crippen LogP contribution is -2.48. The quantitative estimate of drug-likeness (QED) is 0.225. The zero-order valence-corrected chi connectivity index (χ0v) is 34.1. The third kappa shape index (κ3) is 7.55. The lowest BCUT2D eigenvalue weighted by atomic mass is 9.84. The number of sulfonamides is 1. The Kier molecular flexibility index (Phi) is 10.2. The summed E-state index contributed by atoms with van der Waals surface area (Å²) in [5.41, 5.74) is -0.947. The van der Waals surface area contributed by atoms with Crippen LogP contribution in [0.1, 0.15) is 134 Å². The molecule has 12 nitrogen and oxygen atoms in total. The molecule has 1 spiro atoms. The number of methoxy groups -OCH3 is 1. The lowest BCUT2D eigenvalue weighted by molar-refractivity contribution is -0.153. The number of carbonyl (C=O) groups excluding carboxylic acids is 4. The van der Waals surface area contributed by atoms with Crippen molar-refractivity contribution in [3.8, 4) is 11.5 Å². The molecular formula is C43H54FN3O9S. The van der Waals surface area contributed by atoms with Gasteiger partial charge in [-0.1, -0.05) is 25.0 Å². The van der Waals surface area contributed by atoms with Crippen LogP contribution in [0.5, 0.6) is 11.5 Å². The predicted octanol–water partition coefficient (Wildman–Crippen LogP) is 6.70. The number of hydrogen-bond acceptors (Lipinski definition) is 10. The number of rotatable bonds is 8. The Bertz CT molecular complexity index is 2130. The van der Waals surface area contributed by atoms with Crippen molar-refractivity contribution in [3.63, 3.8) is 0 Å². The van der Waals surface area contributed by atoms with Gasteiger partial charge < -0.3 is 19.1 Å². The molecule has 57 heavy (non-hydrogen) atoms. The van der Waals surface area contributed by atoms with Gasteiger partial charge >= 0.3 is 5.97 Å². The van der Waals surface area contributed by atoms with E-state index in [9.17, 15) is 27.6 Å². The molecule has 1 aromatic heterocycles. The Hall–Kier alpha value is -4.07. The van der Waals surface area contributed by atoms with Crippen molar-refractivity contribution in [3.05, 3.63) is 41.6 Å². The number of alkyl halides is 1. The van der Waals surface area contributed by atoms with E-state index in [1.54, 1.807) is 40.0 Å². The van der Waals surface area contributed by atoms with Crippen LogP contribution in [0.2, 0.25) is 0 Å². The highest BCUT2D eigenvalue weighted by atomic mass is 32.2. The van der Waals surface area contributed by atoms with Crippen LogP contribution in [-0.2, 0) is 33.9 Å². The number of aromatic nitrogens is 1. The molecule has 1 saturated heterocycles. The first kappa shape index (κ1) is 39.7. The fourth-order valence-corrected chi connectivity index (χ4v) is 10.7. The van der Waals surface area contributed by atoms with Crippen LogP contribution in [0.25, 0.3) is 10.9 Å². The number of halogens is 1. The van der Waals surface area contributed by atoms with E-state index in [4.69, 9.17) is 19.2 Å². The average Bonchev–Trinajstić information content (AvgIpc) is 4.09. The minimum absolute atomic E-state index is 0.0323. The Labute approximate surface area is 333 Å². The van der Waals surface area contributed by atoms with Crippen molar-refractivity contribution in [2.75, 3.05) is 13.7 Å². The highest BCUT2D eigenvalue weighted by molar-refractivity contribution is 7.91. The summed E-state index contributed by atoms with van der Waals surface area (Å²) >= 11 is 0. The van der Waals surface area contributed by atoms with Gasteiger partial charge in [-0.3, -0.25) is 23.9 Å². The van der Waals surface area contributed by atoms with Crippen LogP contribution < -0.4 is 14.2 Å². The van der Waals surface area contributed by atoms with Crippen molar-refractivity contribution in [2.24, 2.45) is 17.3 Å². The van der Waals surface area contributed by atoms with Crippen LogP contribution in [0.3, 0.4) is 0 Å². The third-order valence-corrected chi connectivity index (χ3v) is 15.4. The summed E-state index contributed by atoms with van der Waals surface area (Å²) in [4.78, 5) is 63.2. The van der Waals surface area contributed by atoms with E-state index >= 15 is 4.39 Å². The average molecular weight is 808 g/mol. The van der Waals surface area contributed by atoms with E-state index in [2.05, 4.69) is 4.72 Å². The van der Waals surface area contributed by atoms with Crippen molar-refractivity contribution >= 4 is 44.5 Å². The number of ketones is 1. The number of nitrogens with zero attached hydrogens (tertiary/aromatic N) is 2. The molecule has 4 fully saturated rings. The molecule has 2 amide bonds. The number of allylic oxidation sites excluding steroid dienone is 2. The summed E-state index contributed by atoms with van der Waals surface area (Å²) in [5, 5.41) is 0.579. The maximum atomic E-state index is 17.1. The number of ether oxygens (including phenoxy) is 3. The van der Waals surface area contributed by atoms with E-state index in [1.165, 1.54) is 4.90 Å².